The Morgan fingerprint density at radius 1 is 1.40 bits per heavy atom. The molecule has 130 valence electrons. The summed E-state index contributed by atoms with van der Waals surface area (Å²) in [7, 11) is 0. The van der Waals surface area contributed by atoms with Crippen LogP contribution in [0.3, 0.4) is 0 Å². The van der Waals surface area contributed by atoms with Gasteiger partial charge >= 0.3 is 0 Å². The first-order valence-corrected chi connectivity index (χ1v) is 9.66. The predicted octanol–water partition coefficient (Wildman–Crippen LogP) is 3.54. The Bertz CT molecular complexity index is 902. The maximum atomic E-state index is 13.0. The Morgan fingerprint density at radius 2 is 2.20 bits per heavy atom. The minimum Gasteiger partial charge on any atom is -0.335 e. The van der Waals surface area contributed by atoms with E-state index in [1.54, 1.807) is 0 Å². The number of halogens is 1. The molecule has 0 aliphatic carbocycles. The molecule has 1 N–H and O–H groups in total. The maximum Gasteiger partial charge on any atom is 0.271 e. The maximum absolute atomic E-state index is 13.0. The van der Waals surface area contributed by atoms with Crippen molar-refractivity contribution in [2.45, 2.75) is 19.4 Å². The summed E-state index contributed by atoms with van der Waals surface area (Å²) >= 11 is 7.45. The number of hydrogen-bond acceptors (Lipinski definition) is 4. The van der Waals surface area contributed by atoms with Gasteiger partial charge < -0.3 is 10.2 Å². The van der Waals surface area contributed by atoms with Crippen molar-refractivity contribution in [3.05, 3.63) is 46.6 Å². The van der Waals surface area contributed by atoms with E-state index in [-0.39, 0.29) is 5.91 Å². The molecule has 3 aromatic rings. The number of thiazole rings is 1. The molecule has 0 radical (unpaired) electrons. The van der Waals surface area contributed by atoms with Gasteiger partial charge in [-0.1, -0.05) is 30.7 Å². The molecule has 1 aliphatic rings. The number of nitrogens with zero attached hydrogens (tertiary/aromatic N) is 3. The highest BCUT2D eigenvalue weighted by atomic mass is 35.5. The number of benzene rings is 1. The van der Waals surface area contributed by atoms with E-state index in [2.05, 4.69) is 17.2 Å². The molecular formula is C18H19ClN4OS. The van der Waals surface area contributed by atoms with Gasteiger partial charge in [-0.05, 0) is 18.6 Å². The largest absolute Gasteiger partial charge is 0.335 e. The van der Waals surface area contributed by atoms with Crippen molar-refractivity contribution in [1.82, 2.24) is 19.6 Å². The van der Waals surface area contributed by atoms with Gasteiger partial charge in [0.1, 0.15) is 5.69 Å². The van der Waals surface area contributed by atoms with E-state index in [9.17, 15) is 4.79 Å². The molecule has 3 heterocycles. The summed E-state index contributed by atoms with van der Waals surface area (Å²) in [6.07, 6.45) is 2.95. The molecule has 2 aromatic heterocycles. The molecule has 1 amide bonds. The van der Waals surface area contributed by atoms with Crippen LogP contribution in [-0.2, 0) is 0 Å². The highest BCUT2D eigenvalue weighted by Gasteiger charge is 2.25. The van der Waals surface area contributed by atoms with Crippen molar-refractivity contribution in [2.75, 3.05) is 19.6 Å². The lowest BCUT2D eigenvalue weighted by atomic mass is 10.1. The summed E-state index contributed by atoms with van der Waals surface area (Å²) in [4.78, 5) is 20.4. The molecule has 1 fully saturated rings. The lowest BCUT2D eigenvalue weighted by molar-refractivity contribution is 0.0695. The summed E-state index contributed by atoms with van der Waals surface area (Å²) < 4.78 is 1.90. The first kappa shape index (κ1) is 16.6. The summed E-state index contributed by atoms with van der Waals surface area (Å²) in [5, 5.41) is 6.05. The van der Waals surface area contributed by atoms with Crippen molar-refractivity contribution in [1.29, 1.82) is 0 Å². The smallest absolute Gasteiger partial charge is 0.271 e. The first-order chi connectivity index (χ1) is 12.2. The number of carbonyl (C=O) groups is 1. The zero-order valence-electron chi connectivity index (χ0n) is 13.9. The second kappa shape index (κ2) is 6.78. The molecule has 1 aromatic carbocycles. The SMILES string of the molecule is CC[C@@H]1CN(C(=O)c2csc3nc(-c4ccc(Cl)cc4)cn23)CCN1. The quantitative estimate of drug-likeness (QED) is 0.762. The summed E-state index contributed by atoms with van der Waals surface area (Å²) in [5.74, 6) is 0.0752. The lowest BCUT2D eigenvalue weighted by Gasteiger charge is -2.33. The Labute approximate surface area is 155 Å². The molecule has 25 heavy (non-hydrogen) atoms. The fourth-order valence-corrected chi connectivity index (χ4v) is 4.12. The number of nitrogens with one attached hydrogen (secondary N) is 1. The molecular weight excluding hydrogens is 356 g/mol. The topological polar surface area (TPSA) is 49.6 Å². The third-order valence-corrected chi connectivity index (χ3v) is 5.70. The number of imidazole rings is 1. The van der Waals surface area contributed by atoms with E-state index in [1.165, 1.54) is 11.3 Å². The Hall–Kier alpha value is -1.89. The number of amides is 1. The second-order valence-corrected chi connectivity index (χ2v) is 7.49. The first-order valence-electron chi connectivity index (χ1n) is 8.41. The van der Waals surface area contributed by atoms with Gasteiger partial charge in [0.15, 0.2) is 4.96 Å². The third kappa shape index (κ3) is 3.17. The number of piperazine rings is 1. The van der Waals surface area contributed by atoms with Crippen molar-refractivity contribution < 1.29 is 4.79 Å². The molecule has 0 unspecified atom stereocenters. The average molecular weight is 375 g/mol. The Balaban J connectivity index is 1.64. The zero-order valence-corrected chi connectivity index (χ0v) is 15.5. The molecule has 1 atom stereocenters. The highest BCUT2D eigenvalue weighted by Crippen LogP contribution is 2.25. The zero-order chi connectivity index (χ0) is 17.4. The van der Waals surface area contributed by atoms with E-state index in [1.807, 2.05) is 45.1 Å². The van der Waals surface area contributed by atoms with Crippen LogP contribution in [-0.4, -0.2) is 45.9 Å². The molecule has 5 nitrogen and oxygen atoms in total. The van der Waals surface area contributed by atoms with Crippen molar-refractivity contribution >= 4 is 33.8 Å². The van der Waals surface area contributed by atoms with Crippen LogP contribution < -0.4 is 5.32 Å². The minimum atomic E-state index is 0.0752. The van der Waals surface area contributed by atoms with Crippen molar-refractivity contribution in [2.24, 2.45) is 0 Å². The van der Waals surface area contributed by atoms with Crippen LogP contribution in [0.5, 0.6) is 0 Å². The fraction of sp³-hybridized carbons (Fsp3) is 0.333. The van der Waals surface area contributed by atoms with E-state index in [4.69, 9.17) is 11.6 Å². The lowest BCUT2D eigenvalue weighted by Crippen LogP contribution is -2.52. The van der Waals surface area contributed by atoms with Gasteiger partial charge in [-0.25, -0.2) is 4.98 Å². The highest BCUT2D eigenvalue weighted by molar-refractivity contribution is 7.15. The van der Waals surface area contributed by atoms with Crippen LogP contribution >= 0.6 is 22.9 Å². The summed E-state index contributed by atoms with van der Waals surface area (Å²) in [6.45, 7) is 4.48. The van der Waals surface area contributed by atoms with Gasteiger partial charge in [0.05, 0.1) is 5.69 Å². The normalized spacial score (nSPS) is 18.0. The molecule has 7 heteroatoms. The number of rotatable bonds is 3. The monoisotopic (exact) mass is 374 g/mol. The Kier molecular flexibility index (Phi) is 4.50. The van der Waals surface area contributed by atoms with E-state index >= 15 is 0 Å². The van der Waals surface area contributed by atoms with Gasteiger partial charge in [-0.3, -0.25) is 9.20 Å². The molecule has 4 rings (SSSR count). The Morgan fingerprint density at radius 3 is 2.96 bits per heavy atom. The van der Waals surface area contributed by atoms with Gasteiger partial charge in [0.25, 0.3) is 5.91 Å². The molecule has 1 aliphatic heterocycles. The number of carbonyl (C=O) groups excluding carboxylic acids is 1. The van der Waals surface area contributed by atoms with Crippen LogP contribution in [0.15, 0.2) is 35.8 Å². The van der Waals surface area contributed by atoms with Crippen LogP contribution in [0.2, 0.25) is 5.02 Å². The molecule has 0 saturated carbocycles. The molecule has 0 bridgehead atoms. The van der Waals surface area contributed by atoms with Crippen LogP contribution in [0, 0.1) is 0 Å². The van der Waals surface area contributed by atoms with E-state index < -0.39 is 0 Å². The van der Waals surface area contributed by atoms with Crippen LogP contribution in [0.4, 0.5) is 0 Å². The van der Waals surface area contributed by atoms with E-state index in [0.29, 0.717) is 16.8 Å². The fourth-order valence-electron chi connectivity index (χ4n) is 3.14. The van der Waals surface area contributed by atoms with Gasteiger partial charge in [-0.2, -0.15) is 0 Å². The van der Waals surface area contributed by atoms with Crippen LogP contribution in [0.25, 0.3) is 16.2 Å². The molecule has 1 saturated heterocycles. The minimum absolute atomic E-state index is 0.0752. The van der Waals surface area contributed by atoms with Crippen LogP contribution in [0.1, 0.15) is 23.8 Å². The van der Waals surface area contributed by atoms with Crippen molar-refractivity contribution in [3.8, 4) is 11.3 Å². The summed E-state index contributed by atoms with van der Waals surface area (Å²) in [5.41, 5.74) is 2.53. The van der Waals surface area contributed by atoms with Gasteiger partial charge in [0.2, 0.25) is 0 Å². The second-order valence-electron chi connectivity index (χ2n) is 6.22. The number of hydrogen-bond donors (Lipinski definition) is 1. The standard InChI is InChI=1S/C18H19ClN4OS/c1-2-14-9-22(8-7-20-14)17(24)16-11-25-18-21-15(10-23(16)18)12-3-5-13(19)6-4-12/h3-6,10-11,14,20H,2,7-9H2,1H3/t14-/m1/s1. The van der Waals surface area contributed by atoms with E-state index in [0.717, 1.165) is 42.3 Å². The summed E-state index contributed by atoms with van der Waals surface area (Å²) in [6, 6.07) is 7.96. The van der Waals surface area contributed by atoms with Gasteiger partial charge in [-0.15, -0.1) is 11.3 Å². The number of fused-ring (bicyclic) bond motifs is 1. The third-order valence-electron chi connectivity index (χ3n) is 4.60. The van der Waals surface area contributed by atoms with Gasteiger partial charge in [0, 0.05) is 47.8 Å². The number of aromatic nitrogens is 2. The van der Waals surface area contributed by atoms with Crippen molar-refractivity contribution in [3.63, 3.8) is 0 Å². The average Bonchev–Trinajstić information content (AvgIpc) is 3.22. The predicted molar refractivity (Wildman–Crippen MR) is 102 cm³/mol. The molecule has 0 spiro atoms.